The fourth-order valence-corrected chi connectivity index (χ4v) is 1.60. The molecule has 5 nitrogen and oxygen atoms in total. The second-order valence-corrected chi connectivity index (χ2v) is 5.16. The highest BCUT2D eigenvalue weighted by Crippen LogP contribution is 2.18. The average molecular weight is 247 g/mol. The minimum absolute atomic E-state index is 0.246. The van der Waals surface area contributed by atoms with Gasteiger partial charge < -0.3 is 11.1 Å². The number of benzene rings is 1. The molecule has 1 aromatic carbocycles. The summed E-state index contributed by atoms with van der Waals surface area (Å²) in [5.74, 6) is -0.405. The molecule has 16 heavy (non-hydrogen) atoms. The fraction of sp³-hybridized carbons (Fsp3) is 0.333. The van der Waals surface area contributed by atoms with E-state index in [2.05, 4.69) is 10.0 Å². The zero-order valence-electron chi connectivity index (χ0n) is 8.83. The number of halogens is 1. The van der Waals surface area contributed by atoms with E-state index in [1.54, 1.807) is 0 Å². The largest absolute Gasteiger partial charge is 0.397 e. The first kappa shape index (κ1) is 12.7. The van der Waals surface area contributed by atoms with Crippen LogP contribution >= 0.6 is 0 Å². The molecule has 0 bridgehead atoms. The van der Waals surface area contributed by atoms with E-state index in [0.29, 0.717) is 17.9 Å². The summed E-state index contributed by atoms with van der Waals surface area (Å²) >= 11 is 0. The summed E-state index contributed by atoms with van der Waals surface area (Å²) in [6.07, 6.45) is 1.08. The minimum atomic E-state index is -3.18. The van der Waals surface area contributed by atoms with Gasteiger partial charge in [0.15, 0.2) is 0 Å². The Balaban J connectivity index is 2.43. The van der Waals surface area contributed by atoms with Gasteiger partial charge in [-0.25, -0.2) is 17.5 Å². The second-order valence-electron chi connectivity index (χ2n) is 3.32. The Bertz CT molecular complexity index is 462. The molecule has 0 unspecified atom stereocenters. The first-order valence-electron chi connectivity index (χ1n) is 4.62. The van der Waals surface area contributed by atoms with Gasteiger partial charge in [-0.3, -0.25) is 0 Å². The lowest BCUT2D eigenvalue weighted by Crippen LogP contribution is -2.27. The number of hydrogen-bond acceptors (Lipinski definition) is 4. The van der Waals surface area contributed by atoms with E-state index in [1.807, 2.05) is 0 Å². The fourth-order valence-electron chi connectivity index (χ4n) is 1.13. The Kier molecular flexibility index (Phi) is 4.08. The topological polar surface area (TPSA) is 84.2 Å². The minimum Gasteiger partial charge on any atom is -0.397 e. The van der Waals surface area contributed by atoms with Crippen molar-refractivity contribution in [2.75, 3.05) is 30.4 Å². The van der Waals surface area contributed by atoms with E-state index in [0.717, 1.165) is 6.26 Å². The van der Waals surface area contributed by atoms with Gasteiger partial charge in [-0.15, -0.1) is 0 Å². The van der Waals surface area contributed by atoms with Crippen molar-refractivity contribution < 1.29 is 12.8 Å². The van der Waals surface area contributed by atoms with Crippen LogP contribution in [0.1, 0.15) is 0 Å². The van der Waals surface area contributed by atoms with Crippen LogP contribution in [0.15, 0.2) is 18.2 Å². The normalized spacial score (nSPS) is 11.4. The maximum absolute atomic E-state index is 12.7. The van der Waals surface area contributed by atoms with Crippen molar-refractivity contribution in [2.45, 2.75) is 0 Å². The molecule has 0 saturated heterocycles. The molecule has 0 heterocycles. The van der Waals surface area contributed by atoms with E-state index in [1.165, 1.54) is 18.2 Å². The first-order chi connectivity index (χ1) is 7.38. The first-order valence-corrected chi connectivity index (χ1v) is 6.51. The summed E-state index contributed by atoms with van der Waals surface area (Å²) in [5, 5.41) is 2.89. The monoisotopic (exact) mass is 247 g/mol. The van der Waals surface area contributed by atoms with Crippen molar-refractivity contribution in [3.05, 3.63) is 24.0 Å². The van der Waals surface area contributed by atoms with Gasteiger partial charge in [0, 0.05) is 13.1 Å². The predicted molar refractivity (Wildman–Crippen MR) is 62.1 cm³/mol. The zero-order valence-corrected chi connectivity index (χ0v) is 9.64. The van der Waals surface area contributed by atoms with Crippen molar-refractivity contribution >= 4 is 21.4 Å². The molecule has 0 aliphatic rings. The number of hydrogen-bond donors (Lipinski definition) is 3. The third-order valence-corrected chi connectivity index (χ3v) is 2.55. The molecule has 1 rings (SSSR count). The van der Waals surface area contributed by atoms with E-state index < -0.39 is 15.8 Å². The van der Waals surface area contributed by atoms with Crippen molar-refractivity contribution in [3.8, 4) is 0 Å². The molecule has 0 fully saturated rings. The molecule has 0 radical (unpaired) electrons. The van der Waals surface area contributed by atoms with Crippen LogP contribution in [0.2, 0.25) is 0 Å². The van der Waals surface area contributed by atoms with E-state index in [4.69, 9.17) is 5.73 Å². The summed E-state index contributed by atoms with van der Waals surface area (Å²) in [6, 6.07) is 3.99. The molecule has 7 heteroatoms. The Morgan fingerprint density at radius 1 is 1.38 bits per heavy atom. The van der Waals surface area contributed by atoms with E-state index in [-0.39, 0.29) is 6.54 Å². The smallest absolute Gasteiger partial charge is 0.208 e. The van der Waals surface area contributed by atoms with Crippen LogP contribution in [0.3, 0.4) is 0 Å². The number of nitrogens with two attached hydrogens (primary N) is 1. The molecule has 0 spiro atoms. The molecule has 0 amide bonds. The maximum Gasteiger partial charge on any atom is 0.208 e. The van der Waals surface area contributed by atoms with Crippen LogP contribution in [-0.2, 0) is 10.0 Å². The molecule has 90 valence electrons. The van der Waals surface area contributed by atoms with Crippen molar-refractivity contribution in [1.29, 1.82) is 0 Å². The van der Waals surface area contributed by atoms with Crippen molar-refractivity contribution in [1.82, 2.24) is 4.72 Å². The van der Waals surface area contributed by atoms with E-state index >= 15 is 0 Å². The summed E-state index contributed by atoms with van der Waals surface area (Å²) < 4.78 is 36.5. The van der Waals surface area contributed by atoms with Crippen molar-refractivity contribution in [3.63, 3.8) is 0 Å². The second kappa shape index (κ2) is 5.13. The maximum atomic E-state index is 12.7. The number of anilines is 2. The highest BCUT2D eigenvalue weighted by Gasteiger charge is 2.01. The lowest BCUT2D eigenvalue weighted by Gasteiger charge is -2.09. The van der Waals surface area contributed by atoms with Gasteiger partial charge in [0.25, 0.3) is 0 Å². The van der Waals surface area contributed by atoms with Crippen LogP contribution in [0.4, 0.5) is 15.8 Å². The van der Waals surface area contributed by atoms with Crippen LogP contribution in [-0.4, -0.2) is 27.8 Å². The highest BCUT2D eigenvalue weighted by molar-refractivity contribution is 7.88. The lowest BCUT2D eigenvalue weighted by molar-refractivity contribution is 0.589. The average Bonchev–Trinajstić information content (AvgIpc) is 2.13. The number of sulfonamides is 1. The summed E-state index contributed by atoms with van der Waals surface area (Å²) in [7, 11) is -3.18. The van der Waals surface area contributed by atoms with Gasteiger partial charge in [0.05, 0.1) is 17.6 Å². The molecule has 0 atom stereocenters. The molecule has 4 N–H and O–H groups in total. The zero-order chi connectivity index (χ0) is 12.2. The Labute approximate surface area is 93.9 Å². The molecule has 0 aromatic heterocycles. The van der Waals surface area contributed by atoms with Gasteiger partial charge in [-0.05, 0) is 18.2 Å². The Hall–Kier alpha value is -1.34. The van der Waals surface area contributed by atoms with Gasteiger partial charge in [-0.1, -0.05) is 0 Å². The summed E-state index contributed by atoms with van der Waals surface area (Å²) in [4.78, 5) is 0. The van der Waals surface area contributed by atoms with Crippen LogP contribution in [0.25, 0.3) is 0 Å². The summed E-state index contributed by atoms with van der Waals surface area (Å²) in [6.45, 7) is 0.624. The molecule has 0 aliphatic carbocycles. The molecule has 0 aliphatic heterocycles. The lowest BCUT2D eigenvalue weighted by atomic mass is 10.2. The van der Waals surface area contributed by atoms with Gasteiger partial charge >= 0.3 is 0 Å². The molecular weight excluding hydrogens is 233 g/mol. The Morgan fingerprint density at radius 3 is 2.62 bits per heavy atom. The third-order valence-electron chi connectivity index (χ3n) is 1.82. The number of nitrogens with one attached hydrogen (secondary N) is 2. The third kappa shape index (κ3) is 4.45. The van der Waals surface area contributed by atoms with Gasteiger partial charge in [0.2, 0.25) is 10.0 Å². The molecular formula is C9H14FN3O2S. The predicted octanol–water partition coefficient (Wildman–Crippen LogP) is 0.369. The van der Waals surface area contributed by atoms with Gasteiger partial charge in [0.1, 0.15) is 5.82 Å². The van der Waals surface area contributed by atoms with Gasteiger partial charge in [-0.2, -0.15) is 0 Å². The van der Waals surface area contributed by atoms with Crippen molar-refractivity contribution in [2.24, 2.45) is 0 Å². The Morgan fingerprint density at radius 2 is 2.06 bits per heavy atom. The van der Waals surface area contributed by atoms with Crippen LogP contribution < -0.4 is 15.8 Å². The SMILES string of the molecule is CS(=O)(=O)NCCNc1ccc(F)cc1N. The molecule has 0 saturated carbocycles. The molecule has 1 aromatic rings. The number of rotatable bonds is 5. The van der Waals surface area contributed by atoms with Crippen LogP contribution in [0, 0.1) is 5.82 Å². The number of nitrogen functional groups attached to an aromatic ring is 1. The standard InChI is InChI=1S/C9H14FN3O2S/c1-16(14,15)13-5-4-12-9-3-2-7(10)6-8(9)11/h2-3,6,12-13H,4-5,11H2,1H3. The summed E-state index contributed by atoms with van der Waals surface area (Å²) in [5.41, 5.74) is 6.42. The van der Waals surface area contributed by atoms with E-state index in [9.17, 15) is 12.8 Å². The van der Waals surface area contributed by atoms with Crippen LogP contribution in [0.5, 0.6) is 0 Å². The highest BCUT2D eigenvalue weighted by atomic mass is 32.2. The quantitative estimate of drug-likeness (QED) is 0.518.